The number of carbonyl (C=O) groups is 4. The van der Waals surface area contributed by atoms with Gasteiger partial charge in [0, 0.05) is 48.9 Å². The number of carbonyl (C=O) groups excluding carboxylic acids is 3. The summed E-state index contributed by atoms with van der Waals surface area (Å²) in [6, 6.07) is 8.56. The van der Waals surface area contributed by atoms with E-state index in [1.54, 1.807) is 42.2 Å². The highest BCUT2D eigenvalue weighted by molar-refractivity contribution is 6.14. The van der Waals surface area contributed by atoms with Gasteiger partial charge in [0.2, 0.25) is 5.91 Å². The molecule has 0 saturated carbocycles. The topological polar surface area (TPSA) is 139 Å². The van der Waals surface area contributed by atoms with Crippen molar-refractivity contribution >= 4 is 40.2 Å². The van der Waals surface area contributed by atoms with Gasteiger partial charge in [-0.1, -0.05) is 12.1 Å². The van der Waals surface area contributed by atoms with Crippen molar-refractivity contribution in [3.63, 3.8) is 0 Å². The molecule has 2 aromatic carbocycles. The predicted molar refractivity (Wildman–Crippen MR) is 125 cm³/mol. The maximum absolute atomic E-state index is 12.9. The number of anilines is 1. The zero-order valence-electron chi connectivity index (χ0n) is 19.1. The number of nitrogen functional groups attached to an aromatic ring is 1. The van der Waals surface area contributed by atoms with Crippen LogP contribution in [0.25, 0.3) is 10.8 Å². The minimum absolute atomic E-state index is 0.0114. The van der Waals surface area contributed by atoms with Gasteiger partial charge < -0.3 is 30.1 Å². The van der Waals surface area contributed by atoms with Crippen LogP contribution < -0.4 is 10.5 Å². The average molecular weight is 472 g/mol. The maximum atomic E-state index is 12.9. The van der Waals surface area contributed by atoms with Crippen LogP contribution >= 0.6 is 0 Å². The van der Waals surface area contributed by atoms with Crippen molar-refractivity contribution < 1.29 is 33.8 Å². The van der Waals surface area contributed by atoms with Crippen molar-refractivity contribution in [3.8, 4) is 5.75 Å². The Kier molecular flexibility index (Phi) is 8.29. The van der Waals surface area contributed by atoms with Crippen molar-refractivity contribution in [1.82, 2.24) is 9.80 Å². The molecule has 0 spiro atoms. The van der Waals surface area contributed by atoms with Gasteiger partial charge >= 0.3 is 12.1 Å². The first-order valence-corrected chi connectivity index (χ1v) is 11.2. The summed E-state index contributed by atoms with van der Waals surface area (Å²) in [5, 5.41) is 10.1. The normalized spacial score (nSPS) is 13.6. The predicted octanol–water partition coefficient (Wildman–Crippen LogP) is 2.54. The third-order valence-corrected chi connectivity index (χ3v) is 5.63. The van der Waals surface area contributed by atoms with Crippen molar-refractivity contribution in [2.24, 2.45) is 0 Å². The first-order valence-electron chi connectivity index (χ1n) is 11.2. The second-order valence-electron chi connectivity index (χ2n) is 7.89. The Morgan fingerprint density at radius 2 is 1.71 bits per heavy atom. The number of nitrogens with two attached hydrogens (primary N) is 1. The van der Waals surface area contributed by atoms with E-state index in [4.69, 9.17) is 20.3 Å². The highest BCUT2D eigenvalue weighted by Gasteiger charge is 2.26. The molecule has 10 heteroatoms. The molecule has 1 aliphatic heterocycles. The number of hydrogen-bond acceptors (Lipinski definition) is 7. The number of carboxylic acid groups (broad SMARTS) is 1. The summed E-state index contributed by atoms with van der Waals surface area (Å²) >= 11 is 0. The van der Waals surface area contributed by atoms with E-state index < -0.39 is 12.1 Å². The van der Waals surface area contributed by atoms with Gasteiger partial charge in [-0.15, -0.1) is 0 Å². The molecular weight excluding hydrogens is 442 g/mol. The van der Waals surface area contributed by atoms with Crippen LogP contribution in [0.5, 0.6) is 5.75 Å². The smallest absolute Gasteiger partial charge is 0.409 e. The zero-order chi connectivity index (χ0) is 24.7. The zero-order valence-corrected chi connectivity index (χ0v) is 19.1. The van der Waals surface area contributed by atoms with Crippen LogP contribution in [0.2, 0.25) is 0 Å². The molecule has 1 fully saturated rings. The Balaban J connectivity index is 1.64. The molecule has 10 nitrogen and oxygen atoms in total. The number of piperazine rings is 1. The molecule has 0 unspecified atom stereocenters. The molecule has 0 aliphatic carbocycles. The van der Waals surface area contributed by atoms with Crippen molar-refractivity contribution in [2.75, 3.05) is 45.1 Å². The highest BCUT2D eigenvalue weighted by atomic mass is 16.6. The van der Waals surface area contributed by atoms with E-state index in [0.29, 0.717) is 49.1 Å². The Labute approximate surface area is 197 Å². The van der Waals surface area contributed by atoms with Crippen LogP contribution in [0.15, 0.2) is 30.3 Å². The third kappa shape index (κ3) is 5.94. The molecule has 34 heavy (non-hydrogen) atoms. The molecule has 1 heterocycles. The number of fused-ring (bicyclic) bond motifs is 1. The van der Waals surface area contributed by atoms with E-state index in [9.17, 15) is 19.2 Å². The molecule has 3 N–H and O–H groups in total. The Morgan fingerprint density at radius 3 is 2.38 bits per heavy atom. The standard InChI is InChI=1S/C24H29N3O7/c1-2-33-24(32)27-12-10-26(11-13-27)21(29)15-19(28)18-9-8-16-17(23(18)25)5-3-6-20(16)34-14-4-7-22(30)31/h3,5-6,8-9H,2,4,7,10-15,25H2,1H3,(H,30,31). The van der Waals surface area contributed by atoms with Gasteiger partial charge in [-0.3, -0.25) is 14.4 Å². The van der Waals surface area contributed by atoms with Crippen molar-refractivity contribution in [2.45, 2.75) is 26.2 Å². The molecular formula is C24H29N3O7. The summed E-state index contributed by atoms with van der Waals surface area (Å²) in [4.78, 5) is 51.1. The molecule has 0 radical (unpaired) electrons. The second kappa shape index (κ2) is 11.4. The Morgan fingerprint density at radius 1 is 1.00 bits per heavy atom. The van der Waals surface area contributed by atoms with E-state index >= 15 is 0 Å². The van der Waals surface area contributed by atoms with Gasteiger partial charge in [0.1, 0.15) is 5.75 Å². The molecule has 0 bridgehead atoms. The number of aliphatic carboxylic acids is 1. The van der Waals surface area contributed by atoms with Gasteiger partial charge in [0.15, 0.2) is 5.78 Å². The lowest BCUT2D eigenvalue weighted by Crippen LogP contribution is -2.51. The summed E-state index contributed by atoms with van der Waals surface area (Å²) in [5.74, 6) is -1.04. The lowest BCUT2D eigenvalue weighted by molar-refractivity contribution is -0.137. The van der Waals surface area contributed by atoms with Gasteiger partial charge in [-0.05, 0) is 31.5 Å². The largest absolute Gasteiger partial charge is 0.493 e. The number of nitrogens with zero attached hydrogens (tertiary/aromatic N) is 2. The molecule has 2 aromatic rings. The first kappa shape index (κ1) is 24.8. The fourth-order valence-electron chi connectivity index (χ4n) is 3.82. The number of carboxylic acids is 1. The molecule has 182 valence electrons. The van der Waals surface area contributed by atoms with Gasteiger partial charge in [-0.2, -0.15) is 0 Å². The number of ether oxygens (including phenoxy) is 2. The SMILES string of the molecule is CCOC(=O)N1CCN(C(=O)CC(=O)c2ccc3c(OCCCC(=O)O)cccc3c2N)CC1. The molecule has 0 aromatic heterocycles. The summed E-state index contributed by atoms with van der Waals surface area (Å²) in [6.45, 7) is 3.64. The maximum Gasteiger partial charge on any atom is 0.409 e. The van der Waals surface area contributed by atoms with Gasteiger partial charge in [0.25, 0.3) is 0 Å². The lowest BCUT2D eigenvalue weighted by atomic mass is 9.99. The second-order valence-corrected chi connectivity index (χ2v) is 7.89. The number of hydrogen-bond donors (Lipinski definition) is 2. The van der Waals surface area contributed by atoms with E-state index in [1.807, 2.05) is 0 Å². The summed E-state index contributed by atoms with van der Waals surface area (Å²) in [5.41, 5.74) is 6.80. The van der Waals surface area contributed by atoms with Crippen LogP contribution in [0.3, 0.4) is 0 Å². The number of benzene rings is 2. The summed E-state index contributed by atoms with van der Waals surface area (Å²) < 4.78 is 10.7. The molecule has 3 rings (SSSR count). The summed E-state index contributed by atoms with van der Waals surface area (Å²) in [6.07, 6.45) is -0.342. The Hall–Kier alpha value is -3.82. The Bertz CT molecular complexity index is 1080. The fourth-order valence-corrected chi connectivity index (χ4v) is 3.82. The first-order chi connectivity index (χ1) is 16.3. The minimum atomic E-state index is -0.885. The highest BCUT2D eigenvalue weighted by Crippen LogP contribution is 2.32. The van der Waals surface area contributed by atoms with Crippen molar-refractivity contribution in [3.05, 3.63) is 35.9 Å². The van der Waals surface area contributed by atoms with Crippen LogP contribution in [0.4, 0.5) is 10.5 Å². The van der Waals surface area contributed by atoms with Gasteiger partial charge in [0.05, 0.1) is 25.3 Å². The lowest BCUT2D eigenvalue weighted by Gasteiger charge is -2.34. The van der Waals surface area contributed by atoms with E-state index in [0.717, 1.165) is 0 Å². The van der Waals surface area contributed by atoms with Crippen LogP contribution in [0, 0.1) is 0 Å². The minimum Gasteiger partial charge on any atom is -0.493 e. The van der Waals surface area contributed by atoms with Gasteiger partial charge in [-0.25, -0.2) is 4.79 Å². The average Bonchev–Trinajstić information content (AvgIpc) is 2.82. The molecule has 1 aliphatic rings. The van der Waals surface area contributed by atoms with E-state index in [1.165, 1.54) is 4.90 Å². The van der Waals surface area contributed by atoms with Crippen LogP contribution in [0.1, 0.15) is 36.5 Å². The molecule has 2 amide bonds. The number of amides is 2. The summed E-state index contributed by atoms with van der Waals surface area (Å²) in [7, 11) is 0. The van der Waals surface area contributed by atoms with Crippen LogP contribution in [-0.4, -0.2) is 78.1 Å². The quantitative estimate of drug-likeness (QED) is 0.246. The fraction of sp³-hybridized carbons (Fsp3) is 0.417. The molecule has 1 saturated heterocycles. The number of ketones is 1. The number of Topliss-reactive ketones (excluding diaryl/α,β-unsaturated/α-hetero) is 1. The van der Waals surface area contributed by atoms with E-state index in [2.05, 4.69) is 0 Å². The number of rotatable bonds is 9. The molecule has 0 atom stereocenters. The monoisotopic (exact) mass is 471 g/mol. The third-order valence-electron chi connectivity index (χ3n) is 5.63. The van der Waals surface area contributed by atoms with Crippen molar-refractivity contribution in [1.29, 1.82) is 0 Å². The van der Waals surface area contributed by atoms with E-state index in [-0.39, 0.29) is 49.0 Å². The van der Waals surface area contributed by atoms with Crippen LogP contribution in [-0.2, 0) is 14.3 Å².